The molecule has 1 aliphatic rings. The molecule has 0 amide bonds. The first kappa shape index (κ1) is 21.2. The number of halogens is 3. The van der Waals surface area contributed by atoms with Gasteiger partial charge in [-0.2, -0.15) is 13.2 Å². The van der Waals surface area contributed by atoms with Crippen LogP contribution in [0.4, 0.5) is 19.0 Å². The average molecular weight is 431 g/mol. The number of hydrogen-bond donors (Lipinski definition) is 0. The lowest BCUT2D eigenvalue weighted by molar-refractivity contribution is -0.137. The van der Waals surface area contributed by atoms with Crippen LogP contribution in [0.3, 0.4) is 0 Å². The first-order chi connectivity index (χ1) is 14.8. The molecule has 8 heteroatoms. The molecule has 0 atom stereocenters. The molecule has 0 N–H and O–H groups in total. The zero-order chi connectivity index (χ0) is 22.2. The predicted molar refractivity (Wildman–Crippen MR) is 114 cm³/mol. The molecule has 0 saturated carbocycles. The van der Waals surface area contributed by atoms with Crippen molar-refractivity contribution in [3.63, 3.8) is 0 Å². The molecule has 1 fully saturated rings. The Labute approximate surface area is 178 Å². The third-order valence-corrected chi connectivity index (χ3v) is 5.71. The van der Waals surface area contributed by atoms with Gasteiger partial charge in [0.1, 0.15) is 5.82 Å². The summed E-state index contributed by atoms with van der Waals surface area (Å²) in [5, 5.41) is 0.780. The minimum atomic E-state index is -4.44. The van der Waals surface area contributed by atoms with Crippen molar-refractivity contribution in [2.45, 2.75) is 25.9 Å². The molecule has 4 rings (SSSR count). The number of fused-ring (bicyclic) bond motifs is 1. The minimum absolute atomic E-state index is 0.249. The molecule has 3 aromatic rings. The largest absolute Gasteiger partial charge is 0.493 e. The van der Waals surface area contributed by atoms with Gasteiger partial charge in [0, 0.05) is 30.1 Å². The second-order valence-corrected chi connectivity index (χ2v) is 7.84. The smallest absolute Gasteiger partial charge is 0.416 e. The van der Waals surface area contributed by atoms with Crippen LogP contribution in [0.25, 0.3) is 22.3 Å². The second kappa shape index (κ2) is 8.24. The number of aromatic nitrogens is 2. The van der Waals surface area contributed by atoms with Crippen LogP contribution >= 0.6 is 0 Å². The van der Waals surface area contributed by atoms with Gasteiger partial charge in [-0.05, 0) is 37.0 Å². The SMILES string of the molecule is COc1cc2nc(-c3cccc(C(F)(F)F)c3)nc(N3CCC(C)CC3)c2cc1OC. The summed E-state index contributed by atoms with van der Waals surface area (Å²) in [6, 6.07) is 8.68. The number of methoxy groups -OCH3 is 2. The van der Waals surface area contributed by atoms with Crippen LogP contribution in [0, 0.1) is 5.92 Å². The molecule has 2 heterocycles. The van der Waals surface area contributed by atoms with Crippen LogP contribution in [0.5, 0.6) is 11.5 Å². The van der Waals surface area contributed by atoms with Crippen LogP contribution in [0.2, 0.25) is 0 Å². The Morgan fingerprint density at radius 1 is 0.968 bits per heavy atom. The topological polar surface area (TPSA) is 47.5 Å². The van der Waals surface area contributed by atoms with Gasteiger partial charge in [0.15, 0.2) is 17.3 Å². The third kappa shape index (κ3) is 4.24. The Morgan fingerprint density at radius 2 is 1.65 bits per heavy atom. The lowest BCUT2D eigenvalue weighted by atomic mass is 9.99. The summed E-state index contributed by atoms with van der Waals surface area (Å²) >= 11 is 0. The average Bonchev–Trinajstić information content (AvgIpc) is 2.77. The van der Waals surface area contributed by atoms with Gasteiger partial charge in [-0.1, -0.05) is 19.1 Å². The van der Waals surface area contributed by atoms with E-state index in [1.807, 2.05) is 6.07 Å². The van der Waals surface area contributed by atoms with E-state index in [9.17, 15) is 13.2 Å². The number of benzene rings is 2. The zero-order valence-corrected chi connectivity index (χ0v) is 17.7. The highest BCUT2D eigenvalue weighted by Gasteiger charge is 2.31. The van der Waals surface area contributed by atoms with Crippen LogP contribution < -0.4 is 14.4 Å². The van der Waals surface area contributed by atoms with Crippen LogP contribution in [0.1, 0.15) is 25.3 Å². The lowest BCUT2D eigenvalue weighted by Gasteiger charge is -2.32. The van der Waals surface area contributed by atoms with Crippen molar-refractivity contribution in [1.82, 2.24) is 9.97 Å². The number of alkyl halides is 3. The molecule has 164 valence electrons. The summed E-state index contributed by atoms with van der Waals surface area (Å²) < 4.78 is 50.6. The molecule has 0 radical (unpaired) electrons. The van der Waals surface area contributed by atoms with E-state index >= 15 is 0 Å². The maximum atomic E-state index is 13.2. The van der Waals surface area contributed by atoms with Crippen molar-refractivity contribution < 1.29 is 22.6 Å². The fourth-order valence-corrected chi connectivity index (χ4v) is 3.86. The van der Waals surface area contributed by atoms with E-state index in [0.29, 0.717) is 34.3 Å². The van der Waals surface area contributed by atoms with E-state index in [0.717, 1.165) is 43.5 Å². The number of piperidine rings is 1. The molecule has 0 spiro atoms. The highest BCUT2D eigenvalue weighted by atomic mass is 19.4. The third-order valence-electron chi connectivity index (χ3n) is 5.71. The molecule has 5 nitrogen and oxygen atoms in total. The van der Waals surface area contributed by atoms with Gasteiger partial charge in [-0.25, -0.2) is 9.97 Å². The van der Waals surface area contributed by atoms with Gasteiger partial charge in [-0.3, -0.25) is 0 Å². The molecule has 1 aliphatic heterocycles. The predicted octanol–water partition coefficient (Wildman–Crippen LogP) is 5.57. The van der Waals surface area contributed by atoms with Gasteiger partial charge in [0.05, 0.1) is 25.3 Å². The van der Waals surface area contributed by atoms with E-state index in [2.05, 4.69) is 16.8 Å². The van der Waals surface area contributed by atoms with Gasteiger partial charge >= 0.3 is 6.18 Å². The summed E-state index contributed by atoms with van der Waals surface area (Å²) in [7, 11) is 3.09. The summed E-state index contributed by atoms with van der Waals surface area (Å²) in [5.74, 6) is 2.63. The quantitative estimate of drug-likeness (QED) is 0.541. The molecule has 1 saturated heterocycles. The minimum Gasteiger partial charge on any atom is -0.493 e. The lowest BCUT2D eigenvalue weighted by Crippen LogP contribution is -2.33. The normalized spacial score (nSPS) is 15.4. The standard InChI is InChI=1S/C23H24F3N3O2/c1-14-7-9-29(10-8-14)22-17-12-19(30-2)20(31-3)13-18(17)27-21(28-22)15-5-4-6-16(11-15)23(24,25)26/h4-6,11-14H,7-10H2,1-3H3. The molecule has 0 aliphatic carbocycles. The van der Waals surface area contributed by atoms with E-state index in [4.69, 9.17) is 14.5 Å². The van der Waals surface area contributed by atoms with Crippen molar-refractivity contribution in [2.75, 3.05) is 32.2 Å². The monoisotopic (exact) mass is 431 g/mol. The maximum absolute atomic E-state index is 13.2. The van der Waals surface area contributed by atoms with Crippen molar-refractivity contribution in [2.24, 2.45) is 5.92 Å². The zero-order valence-electron chi connectivity index (χ0n) is 17.7. The number of hydrogen-bond acceptors (Lipinski definition) is 5. The van der Waals surface area contributed by atoms with Crippen molar-refractivity contribution in [3.8, 4) is 22.9 Å². The van der Waals surface area contributed by atoms with Crippen LogP contribution in [0.15, 0.2) is 36.4 Å². The Hall–Kier alpha value is -3.03. The van der Waals surface area contributed by atoms with Gasteiger partial charge in [0.25, 0.3) is 0 Å². The number of rotatable bonds is 4. The molecule has 0 unspecified atom stereocenters. The summed E-state index contributed by atoms with van der Waals surface area (Å²) in [5.41, 5.74) is 0.182. The summed E-state index contributed by atoms with van der Waals surface area (Å²) in [4.78, 5) is 11.5. The number of nitrogens with zero attached hydrogens (tertiary/aromatic N) is 3. The molecule has 0 bridgehead atoms. The fraction of sp³-hybridized carbons (Fsp3) is 0.391. The summed E-state index contributed by atoms with van der Waals surface area (Å²) in [6.07, 6.45) is -2.38. The van der Waals surface area contributed by atoms with Crippen LogP contribution in [-0.2, 0) is 6.18 Å². The highest BCUT2D eigenvalue weighted by molar-refractivity contribution is 5.93. The van der Waals surface area contributed by atoms with E-state index in [-0.39, 0.29) is 5.82 Å². The Kier molecular flexibility index (Phi) is 5.64. The maximum Gasteiger partial charge on any atom is 0.416 e. The van der Waals surface area contributed by atoms with Crippen molar-refractivity contribution in [1.29, 1.82) is 0 Å². The number of ether oxygens (including phenoxy) is 2. The van der Waals surface area contributed by atoms with Crippen molar-refractivity contribution >= 4 is 16.7 Å². The Bertz CT molecular complexity index is 1090. The Morgan fingerprint density at radius 3 is 2.29 bits per heavy atom. The highest BCUT2D eigenvalue weighted by Crippen LogP contribution is 2.38. The Balaban J connectivity index is 1.91. The second-order valence-electron chi connectivity index (χ2n) is 7.84. The molecule has 31 heavy (non-hydrogen) atoms. The molecule has 2 aromatic carbocycles. The molecule has 1 aromatic heterocycles. The van der Waals surface area contributed by atoms with E-state index < -0.39 is 11.7 Å². The van der Waals surface area contributed by atoms with E-state index in [1.165, 1.54) is 13.2 Å². The van der Waals surface area contributed by atoms with Gasteiger partial charge in [-0.15, -0.1) is 0 Å². The fourth-order valence-electron chi connectivity index (χ4n) is 3.86. The van der Waals surface area contributed by atoms with Crippen LogP contribution in [-0.4, -0.2) is 37.3 Å². The molecular weight excluding hydrogens is 407 g/mol. The van der Waals surface area contributed by atoms with Crippen molar-refractivity contribution in [3.05, 3.63) is 42.0 Å². The number of anilines is 1. The van der Waals surface area contributed by atoms with Gasteiger partial charge < -0.3 is 14.4 Å². The van der Waals surface area contributed by atoms with Gasteiger partial charge in [0.2, 0.25) is 0 Å². The first-order valence-corrected chi connectivity index (χ1v) is 10.2. The summed E-state index contributed by atoms with van der Waals surface area (Å²) in [6.45, 7) is 3.87. The molecular formula is C23H24F3N3O2. The van der Waals surface area contributed by atoms with E-state index in [1.54, 1.807) is 19.2 Å². The first-order valence-electron chi connectivity index (χ1n) is 10.2.